The van der Waals surface area contributed by atoms with Crippen molar-refractivity contribution in [2.45, 2.75) is 163 Å². The van der Waals surface area contributed by atoms with Crippen LogP contribution in [-0.2, 0) is 99.5 Å². The fraction of sp³-hybridized carbons (Fsp3) is 0.945. The number of nitrogens with zero attached hydrogens (tertiary/aromatic N) is 2. The Balaban J connectivity index is 0.000000462. The highest BCUT2D eigenvalue weighted by atomic mass is 16.6. The Kier molecular flexibility index (Phi) is 48.9. The summed E-state index contributed by atoms with van der Waals surface area (Å²) >= 11 is 0. The van der Waals surface area contributed by atoms with E-state index in [9.17, 15) is 19.5 Å². The molecule has 3 unspecified atom stereocenters. The van der Waals surface area contributed by atoms with Crippen LogP contribution in [0.15, 0.2) is 4.99 Å². The highest BCUT2D eigenvalue weighted by Crippen LogP contribution is 2.44. The van der Waals surface area contributed by atoms with Crippen LogP contribution in [0, 0.1) is 44.0 Å². The van der Waals surface area contributed by atoms with E-state index in [1.54, 1.807) is 6.26 Å². The first-order valence-electron chi connectivity index (χ1n) is 37.7. The van der Waals surface area contributed by atoms with Gasteiger partial charge in [-0.1, -0.05) is 54.4 Å². The van der Waals surface area contributed by atoms with Crippen molar-refractivity contribution in [1.29, 1.82) is 5.26 Å². The van der Waals surface area contributed by atoms with Crippen molar-refractivity contribution in [2.75, 3.05) is 251 Å². The van der Waals surface area contributed by atoms with Gasteiger partial charge in [-0.3, -0.25) is 0 Å². The van der Waals surface area contributed by atoms with Crippen molar-refractivity contribution in [3.63, 3.8) is 0 Å². The number of carbonyl (C=O) groups is 2. The molecule has 0 bridgehead atoms. The molecule has 0 radical (unpaired) electrons. The number of isocyanates is 1. The second-order valence-electron chi connectivity index (χ2n) is 28.2. The van der Waals surface area contributed by atoms with Crippen LogP contribution < -0.4 is 10.6 Å². The molecule has 101 heavy (non-hydrogen) atoms. The van der Waals surface area contributed by atoms with E-state index in [2.05, 4.69) is 61.9 Å². The molecule has 5 aliphatic heterocycles. The molecule has 3 N–H and O–H groups in total. The molecule has 2 amide bonds. The van der Waals surface area contributed by atoms with Gasteiger partial charge in [0.1, 0.15) is 12.7 Å². The number of hydrogen-bond donors (Lipinski definition) is 3. The van der Waals surface area contributed by atoms with Crippen LogP contribution in [0.5, 0.6) is 0 Å². The first-order chi connectivity index (χ1) is 49.3. The van der Waals surface area contributed by atoms with Crippen molar-refractivity contribution >= 4 is 18.3 Å². The van der Waals surface area contributed by atoms with Crippen LogP contribution in [0.2, 0.25) is 0 Å². The van der Waals surface area contributed by atoms with Gasteiger partial charge in [-0.05, 0) is 95.3 Å². The fourth-order valence-corrected chi connectivity index (χ4v) is 11.2. The maximum atomic E-state index is 12.7. The van der Waals surface area contributed by atoms with Crippen LogP contribution in [0.1, 0.15) is 144 Å². The fourth-order valence-electron chi connectivity index (χ4n) is 11.2. The van der Waals surface area contributed by atoms with Gasteiger partial charge in [0.05, 0.1) is 231 Å². The molecule has 588 valence electrons. The standard InChI is InChI=1S/C46H84N2O15.C19H36O7.C8H12N2O2/c1-5-43(13-12-14-43)29-55-23-19-51-17-21-53-25-39(27-57-31-45(7-3)35-60-36-45)62-41(49)47-15-10-9-11-16-48-42(50)63-40(28-58-32-46(8-4)37-61-38-46)26-54-22-18-52-20-24-56-30-44(6-2)33-59-34-44;1-3-18(13-25-14-18)11-23-8-6-21-5-7-22-9-17(20)10-24-12-19(4-2)15-26-16-19;9-7-12-6-4-2-1-3-5-10-8-11/h39-40H,5-38H2,1-4H3,(H,47,49)(H,48,50);17,20H,3-16H2,1-2H3;1-6H2. The maximum Gasteiger partial charge on any atom is 0.407 e. The molecule has 28 nitrogen and oxygen atoms in total. The lowest BCUT2D eigenvalue weighted by Crippen LogP contribution is -2.46. The quantitative estimate of drug-likeness (QED) is 0.0225. The van der Waals surface area contributed by atoms with Crippen molar-refractivity contribution < 1.29 is 114 Å². The van der Waals surface area contributed by atoms with E-state index >= 15 is 0 Å². The summed E-state index contributed by atoms with van der Waals surface area (Å²) in [5.41, 5.74) is 0.956. The van der Waals surface area contributed by atoms with E-state index < -0.39 is 30.5 Å². The third-order valence-corrected chi connectivity index (χ3v) is 19.8. The van der Waals surface area contributed by atoms with E-state index in [0.29, 0.717) is 183 Å². The number of rotatable bonds is 63. The van der Waals surface area contributed by atoms with Crippen molar-refractivity contribution in [3.8, 4) is 6.26 Å². The highest BCUT2D eigenvalue weighted by Gasteiger charge is 2.41. The predicted molar refractivity (Wildman–Crippen MR) is 374 cm³/mol. The molecule has 6 fully saturated rings. The molecule has 0 aromatic carbocycles. The zero-order valence-corrected chi connectivity index (χ0v) is 62.6. The zero-order chi connectivity index (χ0) is 72.7. The average molecular weight is 1450 g/mol. The minimum absolute atomic E-state index is 0.0179. The second-order valence-corrected chi connectivity index (χ2v) is 28.2. The SMILES string of the molecule is CCC1(COCCOCCOCC(COCC2(CC)COC2)OC(=O)NCCCCCNC(=O)OC(COCCOCCOCC2(CC)COC2)COCC2(CC)COC2)CCC1.CCC1(COCCOCCOCC(O)COCC2(CC)COC2)COC1.N#COCCCCCCN=C=O. The van der Waals surface area contributed by atoms with Gasteiger partial charge in [0.2, 0.25) is 6.08 Å². The van der Waals surface area contributed by atoms with E-state index in [4.69, 9.17) is 95.3 Å². The highest BCUT2D eigenvalue weighted by molar-refractivity contribution is 5.67. The number of nitriles is 1. The van der Waals surface area contributed by atoms with Gasteiger partial charge in [-0.15, -0.1) is 0 Å². The molecule has 28 heteroatoms. The van der Waals surface area contributed by atoms with E-state index in [1.165, 1.54) is 25.3 Å². The summed E-state index contributed by atoms with van der Waals surface area (Å²) in [5, 5.41) is 23.5. The number of hydrogen-bond acceptors (Lipinski definition) is 26. The van der Waals surface area contributed by atoms with Gasteiger partial charge in [0, 0.05) is 40.2 Å². The number of alkyl carbamates (subject to hydrolysis) is 2. The number of unbranched alkanes of at least 4 members (excludes halogenated alkanes) is 5. The molecular weight excluding hydrogens is 1320 g/mol. The van der Waals surface area contributed by atoms with Crippen LogP contribution in [0.25, 0.3) is 0 Å². The van der Waals surface area contributed by atoms with Crippen molar-refractivity contribution in [2.24, 2.45) is 37.5 Å². The minimum Gasteiger partial charge on any atom is -0.441 e. The Morgan fingerprint density at radius 2 is 0.713 bits per heavy atom. The Bertz CT molecular complexity index is 2030. The largest absolute Gasteiger partial charge is 0.441 e. The lowest BCUT2D eigenvalue weighted by atomic mass is 9.68. The van der Waals surface area contributed by atoms with Crippen molar-refractivity contribution in [3.05, 3.63) is 0 Å². The average Bonchev–Trinajstić information content (AvgIpc) is 0.871. The molecule has 3 atom stereocenters. The number of aliphatic imine (C=N–C) groups is 1. The Morgan fingerprint density at radius 1 is 0.406 bits per heavy atom. The summed E-state index contributed by atoms with van der Waals surface area (Å²) in [4.78, 5) is 38.5. The van der Waals surface area contributed by atoms with Crippen LogP contribution >= 0.6 is 0 Å². The monoisotopic (exact) mass is 1450 g/mol. The Labute approximate surface area is 603 Å². The maximum absolute atomic E-state index is 12.7. The van der Waals surface area contributed by atoms with Gasteiger partial charge < -0.3 is 110 Å². The van der Waals surface area contributed by atoms with Crippen LogP contribution in [0.3, 0.4) is 0 Å². The topological polar surface area (TPSA) is 316 Å². The van der Waals surface area contributed by atoms with Gasteiger partial charge in [-0.25, -0.2) is 19.4 Å². The van der Waals surface area contributed by atoms with E-state index in [1.807, 2.05) is 0 Å². The minimum atomic E-state index is -0.608. The molecule has 0 spiro atoms. The molecule has 6 rings (SSSR count). The molecule has 1 saturated carbocycles. The number of amides is 2. The summed E-state index contributed by atoms with van der Waals surface area (Å²) in [6.45, 7) is 33.2. The van der Waals surface area contributed by atoms with Gasteiger partial charge in [-0.2, -0.15) is 5.26 Å². The summed E-state index contributed by atoms with van der Waals surface area (Å²) < 4.78 is 111. The lowest BCUT2D eigenvalue weighted by molar-refractivity contribution is -0.157. The van der Waals surface area contributed by atoms with Gasteiger partial charge in [0.25, 0.3) is 6.26 Å². The van der Waals surface area contributed by atoms with E-state index in [0.717, 1.165) is 123 Å². The van der Waals surface area contributed by atoms with Crippen molar-refractivity contribution in [1.82, 2.24) is 10.6 Å². The summed E-state index contributed by atoms with van der Waals surface area (Å²) in [7, 11) is 0. The van der Waals surface area contributed by atoms with E-state index in [-0.39, 0.29) is 60.1 Å². The Morgan fingerprint density at radius 3 is 1.05 bits per heavy atom. The molecule has 0 aromatic heterocycles. The summed E-state index contributed by atoms with van der Waals surface area (Å²) in [5.74, 6) is 0. The number of ether oxygens (including phenoxy) is 20. The third kappa shape index (κ3) is 38.6. The van der Waals surface area contributed by atoms with Crippen LogP contribution in [0.4, 0.5) is 9.59 Å². The first kappa shape index (κ1) is 89.9. The summed E-state index contributed by atoms with van der Waals surface area (Å²) in [6.07, 6.45) is 16.3. The number of carbonyl (C=O) groups excluding carboxylic acids is 3. The van der Waals surface area contributed by atoms with Gasteiger partial charge >= 0.3 is 12.2 Å². The Hall–Kier alpha value is -3.51. The normalized spacial score (nSPS) is 19.1. The molecular formula is C73H132N4O24. The number of nitrogens with one attached hydrogen (secondary N) is 2. The zero-order valence-electron chi connectivity index (χ0n) is 62.6. The molecule has 5 heterocycles. The van der Waals surface area contributed by atoms with Crippen LogP contribution in [-0.4, -0.2) is 293 Å². The first-order valence-corrected chi connectivity index (χ1v) is 37.7. The lowest BCUT2D eigenvalue weighted by Gasteiger charge is -2.40. The molecule has 5 saturated heterocycles. The predicted octanol–water partition coefficient (Wildman–Crippen LogP) is 7.99. The molecule has 6 aliphatic rings. The second kappa shape index (κ2) is 55.0. The number of aliphatic hydroxyl groups excluding tert-OH is 1. The number of aliphatic hydroxyl groups is 1. The molecule has 1 aliphatic carbocycles. The summed E-state index contributed by atoms with van der Waals surface area (Å²) in [6, 6.07) is 0. The smallest absolute Gasteiger partial charge is 0.407 e. The molecule has 0 aromatic rings. The van der Waals surface area contributed by atoms with Gasteiger partial charge in [0.15, 0.2) is 12.2 Å². The third-order valence-electron chi connectivity index (χ3n) is 19.8.